The lowest BCUT2D eigenvalue weighted by molar-refractivity contribution is -0.118. The van der Waals surface area contributed by atoms with E-state index in [1.807, 2.05) is 39.9 Å². The molecule has 312 valence electrons. The predicted octanol–water partition coefficient (Wildman–Crippen LogP) is 4.15. The molecule has 1 saturated carbocycles. The lowest BCUT2D eigenvalue weighted by atomic mass is 10.1. The average molecular weight is 855 g/mol. The van der Waals surface area contributed by atoms with E-state index in [4.69, 9.17) is 27.3 Å². The summed E-state index contributed by atoms with van der Waals surface area (Å²) in [4.78, 5) is 54.8. The zero-order chi connectivity index (χ0) is 41.7. The highest BCUT2D eigenvalue weighted by Crippen LogP contribution is 2.54. The molecule has 0 bridgehead atoms. The number of fused-ring (bicyclic) bond motifs is 1. The van der Waals surface area contributed by atoms with Gasteiger partial charge >= 0.3 is 16.1 Å². The van der Waals surface area contributed by atoms with Crippen molar-refractivity contribution in [1.29, 1.82) is 5.26 Å². The number of aromatic amines is 1. The maximum absolute atomic E-state index is 14.4. The van der Waals surface area contributed by atoms with Crippen LogP contribution in [0.4, 0.5) is 11.8 Å². The van der Waals surface area contributed by atoms with Gasteiger partial charge in [0, 0.05) is 35.2 Å². The topological polar surface area (TPSA) is 284 Å². The summed E-state index contributed by atoms with van der Waals surface area (Å²) < 4.78 is 64.6. The Morgan fingerprint density at radius 3 is 2.63 bits per heavy atom. The Morgan fingerprint density at radius 2 is 2.00 bits per heavy atom. The predicted molar refractivity (Wildman–Crippen MR) is 206 cm³/mol. The Labute approximate surface area is 330 Å². The summed E-state index contributed by atoms with van der Waals surface area (Å²) in [6.45, 7) is 12.1. The van der Waals surface area contributed by atoms with Crippen molar-refractivity contribution in [2.75, 3.05) is 30.5 Å². The van der Waals surface area contributed by atoms with Crippen LogP contribution in [0, 0.1) is 23.2 Å². The standard InChI is InChI=1S/C33H49N9O12P2Si/c1-19(2)29(44)40-32-39-28-25(30(45)41-32)37-18-42(28)31-27(52-55(46)47)26(54-57(6,7)33(3,4)5)23(51-31)16-50-56(48,49-12-8-10-34)53-22-14-21(13-20(22)15-43)38-24-9-11-35-17-36-24/h9,11,17-23,26-27,31,43H,8,12-16H2,1-7H3,(H3-,35,36,38,39,40,41,44,45,46,47)/p+1/t20-,21-,22-,23-,26-,27-,31-,56?/m1/s1. The molecule has 0 radical (unpaired) electrons. The summed E-state index contributed by atoms with van der Waals surface area (Å²) >= 11 is 0. The Morgan fingerprint density at radius 1 is 1.25 bits per heavy atom. The minimum atomic E-state index is -4.53. The van der Waals surface area contributed by atoms with Crippen LogP contribution in [0.25, 0.3) is 11.2 Å². The number of nitriles is 1. The Kier molecular flexibility index (Phi) is 14.5. The normalized spacial score (nSPS) is 25.4. The molecule has 3 aromatic heterocycles. The number of rotatable bonds is 18. The second kappa shape index (κ2) is 18.6. The molecular formula is C33H50N9O12P2Si+. The lowest BCUT2D eigenvalue weighted by Crippen LogP contribution is -2.50. The van der Waals surface area contributed by atoms with Gasteiger partial charge in [-0.15, -0.1) is 9.42 Å². The molecule has 5 N–H and O–H groups in total. The van der Waals surface area contributed by atoms with Gasteiger partial charge in [-0.3, -0.25) is 38.0 Å². The van der Waals surface area contributed by atoms with Crippen molar-refractivity contribution in [2.24, 2.45) is 11.8 Å². The van der Waals surface area contributed by atoms with Gasteiger partial charge in [0.05, 0.1) is 38.1 Å². The molecule has 4 heterocycles. The molecule has 5 rings (SSSR count). The fourth-order valence-corrected chi connectivity index (χ4v) is 9.30. The van der Waals surface area contributed by atoms with Gasteiger partial charge in [-0.05, 0) is 37.0 Å². The second-order valence-electron chi connectivity index (χ2n) is 15.6. The number of aliphatic hydroxyl groups excluding tert-OH is 1. The highest BCUT2D eigenvalue weighted by atomic mass is 31.2. The highest BCUT2D eigenvalue weighted by molar-refractivity contribution is 7.48. The van der Waals surface area contributed by atoms with Crippen molar-refractivity contribution in [3.8, 4) is 6.07 Å². The monoisotopic (exact) mass is 854 g/mol. The molecule has 1 aliphatic carbocycles. The van der Waals surface area contributed by atoms with Crippen LogP contribution in [0.2, 0.25) is 18.1 Å². The van der Waals surface area contributed by atoms with E-state index in [1.165, 1.54) is 17.2 Å². The van der Waals surface area contributed by atoms with Gasteiger partial charge in [0.25, 0.3) is 5.56 Å². The number of aromatic nitrogens is 6. The van der Waals surface area contributed by atoms with Crippen LogP contribution in [0.15, 0.2) is 29.7 Å². The van der Waals surface area contributed by atoms with E-state index in [9.17, 15) is 34.0 Å². The average Bonchev–Trinajstić information content (AvgIpc) is 3.82. The third-order valence-electron chi connectivity index (χ3n) is 10.1. The van der Waals surface area contributed by atoms with Crippen LogP contribution in [0.1, 0.15) is 60.1 Å². The number of carbonyl (C=O) groups is 1. The molecule has 2 fully saturated rings. The molecule has 2 aliphatic rings. The van der Waals surface area contributed by atoms with Gasteiger partial charge < -0.3 is 19.6 Å². The summed E-state index contributed by atoms with van der Waals surface area (Å²) in [5.74, 6) is -0.928. The number of nitrogens with zero attached hydrogens (tertiary/aromatic N) is 6. The number of H-pyrrole nitrogens is 1. The molecule has 21 nitrogen and oxygen atoms in total. The molecule has 9 atom stereocenters. The fourth-order valence-electron chi connectivity index (χ4n) is 6.12. The largest absolute Gasteiger partial charge is 0.695 e. The zero-order valence-electron chi connectivity index (χ0n) is 32.7. The zero-order valence-corrected chi connectivity index (χ0v) is 35.5. The molecule has 1 saturated heterocycles. The van der Waals surface area contributed by atoms with E-state index >= 15 is 0 Å². The minimum Gasteiger partial charge on any atom is -0.408 e. The van der Waals surface area contributed by atoms with Crippen molar-refractivity contribution in [3.63, 3.8) is 0 Å². The van der Waals surface area contributed by atoms with Crippen molar-refractivity contribution in [1.82, 2.24) is 29.5 Å². The van der Waals surface area contributed by atoms with E-state index in [0.29, 0.717) is 18.7 Å². The summed E-state index contributed by atoms with van der Waals surface area (Å²) in [5, 5.41) is 24.9. The third-order valence-corrected chi connectivity index (χ3v) is 16.5. The Balaban J connectivity index is 1.48. The fraction of sp³-hybridized carbons (Fsp3) is 0.667. The number of imidazole rings is 1. The number of ether oxygens (including phenoxy) is 1. The second-order valence-corrected chi connectivity index (χ2v) is 22.6. The number of anilines is 2. The van der Waals surface area contributed by atoms with E-state index in [1.54, 1.807) is 26.1 Å². The Bertz CT molecular complexity index is 2030. The molecule has 57 heavy (non-hydrogen) atoms. The summed E-state index contributed by atoms with van der Waals surface area (Å²) in [7, 11) is -10.5. The van der Waals surface area contributed by atoms with Crippen LogP contribution >= 0.6 is 16.1 Å². The number of aliphatic hydroxyl groups is 1. The quantitative estimate of drug-likeness (QED) is 0.0682. The van der Waals surface area contributed by atoms with Crippen molar-refractivity contribution >= 4 is 53.2 Å². The molecule has 3 aromatic rings. The third kappa shape index (κ3) is 10.9. The minimum absolute atomic E-state index is 0.0486. The first-order valence-electron chi connectivity index (χ1n) is 18.4. The molecule has 1 aliphatic heterocycles. The maximum atomic E-state index is 14.4. The van der Waals surface area contributed by atoms with Crippen LogP contribution < -0.4 is 16.2 Å². The van der Waals surface area contributed by atoms with Gasteiger partial charge in [-0.25, -0.2) is 19.5 Å². The molecule has 1 amide bonds. The maximum Gasteiger partial charge on any atom is 0.695 e. The number of phosphoric acid groups is 1. The molecule has 2 unspecified atom stereocenters. The van der Waals surface area contributed by atoms with Crippen molar-refractivity contribution in [2.45, 2.75) is 109 Å². The van der Waals surface area contributed by atoms with Gasteiger partial charge in [0.15, 0.2) is 31.8 Å². The van der Waals surface area contributed by atoms with E-state index in [0.717, 1.165) is 0 Å². The summed E-state index contributed by atoms with van der Waals surface area (Å²) in [6.07, 6.45) is -1.00. The Hall–Kier alpha value is -3.58. The first-order chi connectivity index (χ1) is 26.8. The molecule has 0 aromatic carbocycles. The molecule has 0 spiro atoms. The van der Waals surface area contributed by atoms with Crippen molar-refractivity contribution < 1.29 is 51.2 Å². The number of carbonyl (C=O) groups excluding carboxylic acids is 1. The van der Waals surface area contributed by atoms with Crippen LogP contribution in [0.3, 0.4) is 0 Å². The highest BCUT2D eigenvalue weighted by Gasteiger charge is 2.56. The number of phosphoric ester groups is 1. The molecular weight excluding hydrogens is 804 g/mol. The van der Waals surface area contributed by atoms with Gasteiger partial charge in [-0.2, -0.15) is 10.2 Å². The number of nitrogens with one attached hydrogen (secondary N) is 3. The van der Waals surface area contributed by atoms with E-state index < -0.39 is 84.9 Å². The van der Waals surface area contributed by atoms with Gasteiger partial charge in [0.2, 0.25) is 11.9 Å². The lowest BCUT2D eigenvalue weighted by Gasteiger charge is -2.39. The van der Waals surface area contributed by atoms with Crippen LogP contribution in [-0.4, -0.2) is 104 Å². The first-order valence-corrected chi connectivity index (χ1v) is 23.9. The summed E-state index contributed by atoms with van der Waals surface area (Å²) in [5.41, 5.74) is -0.848. The molecule has 24 heteroatoms. The van der Waals surface area contributed by atoms with Gasteiger partial charge in [-0.1, -0.05) is 34.6 Å². The smallest absolute Gasteiger partial charge is 0.408 e. The van der Waals surface area contributed by atoms with Crippen LogP contribution in [-0.2, 0) is 41.2 Å². The number of amides is 1. The van der Waals surface area contributed by atoms with E-state index in [-0.39, 0.29) is 47.8 Å². The number of hydrogen-bond donors (Lipinski definition) is 5. The van der Waals surface area contributed by atoms with Crippen LogP contribution in [0.5, 0.6) is 0 Å². The number of hydrogen-bond acceptors (Lipinski definition) is 17. The first kappa shape index (κ1) is 44.5. The van der Waals surface area contributed by atoms with E-state index in [2.05, 4.69) is 35.6 Å². The SMILES string of the molecule is CC(C)C(=O)Nc1nc2c(ncn2[C@@H]2O[C@H](COP(=O)(OCCC#N)O[C@@H]3C[C@H](Nc4ccncn4)C[C@@H]3CO)[C@@H](O[Si](C)(C)C(C)(C)C)[C@H]2O[P+](=O)O)c(=O)[nH]1. The van der Waals surface area contributed by atoms with Crippen molar-refractivity contribution in [3.05, 3.63) is 35.3 Å². The van der Waals surface area contributed by atoms with Gasteiger partial charge in [0.1, 0.15) is 24.4 Å². The summed E-state index contributed by atoms with van der Waals surface area (Å²) in [6, 6.07) is 3.39.